The second kappa shape index (κ2) is 10.9. The van der Waals surface area contributed by atoms with E-state index in [1.54, 1.807) is 12.1 Å². The maximum absolute atomic E-state index is 11.3. The fourth-order valence-electron chi connectivity index (χ4n) is 4.02. The van der Waals surface area contributed by atoms with Crippen molar-refractivity contribution in [3.8, 4) is 11.3 Å². The molecule has 184 valence electrons. The van der Waals surface area contributed by atoms with Gasteiger partial charge in [0, 0.05) is 36.0 Å². The molecular weight excluding hydrogens is 491 g/mol. The molecule has 0 saturated heterocycles. The number of carbonyl (C=O) groups is 1. The lowest BCUT2D eigenvalue weighted by Crippen LogP contribution is -2.23. The van der Waals surface area contributed by atoms with Crippen molar-refractivity contribution >= 4 is 29.2 Å². The van der Waals surface area contributed by atoms with E-state index in [0.29, 0.717) is 65.3 Å². The number of nitrogens with zero attached hydrogens (tertiary/aromatic N) is 2. The number of aromatic carboxylic acids is 1. The van der Waals surface area contributed by atoms with Crippen LogP contribution >= 0.6 is 23.2 Å². The van der Waals surface area contributed by atoms with E-state index in [0.717, 1.165) is 24.2 Å². The van der Waals surface area contributed by atoms with Gasteiger partial charge in [0.15, 0.2) is 0 Å². The topological polar surface area (TPSA) is 106 Å². The second-order valence-electron chi connectivity index (χ2n) is 8.65. The fourth-order valence-corrected chi connectivity index (χ4v) is 4.56. The average Bonchev–Trinajstić information content (AvgIpc) is 3.61. The van der Waals surface area contributed by atoms with Gasteiger partial charge in [-0.3, -0.25) is 4.98 Å². The number of benzene rings is 1. The first-order valence-corrected chi connectivity index (χ1v) is 12.1. The van der Waals surface area contributed by atoms with Gasteiger partial charge in [-0.1, -0.05) is 53.1 Å². The van der Waals surface area contributed by atoms with Gasteiger partial charge < -0.3 is 19.5 Å². The summed E-state index contributed by atoms with van der Waals surface area (Å²) in [6.45, 7) is 4.50. The highest BCUT2D eigenvalue weighted by atomic mass is 35.5. The molecule has 4 rings (SSSR count). The Morgan fingerprint density at radius 3 is 2.66 bits per heavy atom. The highest BCUT2D eigenvalue weighted by Crippen LogP contribution is 2.46. The quantitative estimate of drug-likeness (QED) is 0.212. The SMILES string of the molecule is C=CC(O)(CCCCOCc1c(-c2c(Cl)cncc2Cl)noc1C1CC1)c1cccc(C(=O)O)c1. The minimum atomic E-state index is -1.32. The third-order valence-corrected chi connectivity index (χ3v) is 6.72. The molecule has 1 unspecified atom stereocenters. The number of unbranched alkanes of at least 4 members (excludes halogenated alkanes) is 1. The molecule has 1 saturated carbocycles. The third-order valence-electron chi connectivity index (χ3n) is 6.15. The lowest BCUT2D eigenvalue weighted by molar-refractivity contribution is 0.0673. The molecule has 35 heavy (non-hydrogen) atoms. The molecule has 2 aromatic heterocycles. The van der Waals surface area contributed by atoms with Crippen molar-refractivity contribution in [1.82, 2.24) is 10.1 Å². The Bertz CT molecular complexity index is 1200. The van der Waals surface area contributed by atoms with E-state index in [9.17, 15) is 15.0 Å². The average molecular weight is 517 g/mol. The van der Waals surface area contributed by atoms with E-state index in [2.05, 4.69) is 16.7 Å². The molecule has 1 fully saturated rings. The van der Waals surface area contributed by atoms with Crippen LogP contribution in [0.25, 0.3) is 11.3 Å². The van der Waals surface area contributed by atoms with Crippen molar-refractivity contribution in [3.63, 3.8) is 0 Å². The zero-order chi connectivity index (χ0) is 25.0. The van der Waals surface area contributed by atoms with Crippen LogP contribution in [-0.4, -0.2) is 32.9 Å². The summed E-state index contributed by atoms with van der Waals surface area (Å²) in [5.74, 6) is 0.0985. The van der Waals surface area contributed by atoms with E-state index in [1.807, 2.05) is 0 Å². The molecule has 9 heteroatoms. The van der Waals surface area contributed by atoms with Crippen LogP contribution < -0.4 is 0 Å². The molecule has 0 aliphatic heterocycles. The highest BCUT2D eigenvalue weighted by Gasteiger charge is 2.33. The van der Waals surface area contributed by atoms with Crippen LogP contribution in [0.1, 0.15) is 65.3 Å². The Morgan fingerprint density at radius 1 is 1.26 bits per heavy atom. The Balaban J connectivity index is 1.36. The molecule has 3 aromatic rings. The minimum Gasteiger partial charge on any atom is -0.478 e. The van der Waals surface area contributed by atoms with Gasteiger partial charge in [0.2, 0.25) is 0 Å². The molecule has 0 bridgehead atoms. The van der Waals surface area contributed by atoms with E-state index in [1.165, 1.54) is 30.6 Å². The van der Waals surface area contributed by atoms with Crippen molar-refractivity contribution in [3.05, 3.63) is 81.8 Å². The summed E-state index contributed by atoms with van der Waals surface area (Å²) in [4.78, 5) is 15.3. The minimum absolute atomic E-state index is 0.122. The van der Waals surface area contributed by atoms with Gasteiger partial charge in [0.05, 0.1) is 22.2 Å². The lowest BCUT2D eigenvalue weighted by atomic mass is 9.88. The van der Waals surface area contributed by atoms with E-state index in [-0.39, 0.29) is 5.56 Å². The number of carboxylic acid groups (broad SMARTS) is 1. The maximum atomic E-state index is 11.3. The van der Waals surface area contributed by atoms with Crippen LogP contribution in [-0.2, 0) is 16.9 Å². The number of rotatable bonds is 12. The summed E-state index contributed by atoms with van der Waals surface area (Å²) >= 11 is 12.7. The molecule has 1 atom stereocenters. The number of aliphatic hydroxyl groups is 1. The van der Waals surface area contributed by atoms with Crippen molar-refractivity contribution in [2.24, 2.45) is 0 Å². The first-order valence-electron chi connectivity index (χ1n) is 11.4. The number of ether oxygens (including phenoxy) is 1. The van der Waals surface area contributed by atoms with Crippen molar-refractivity contribution in [2.45, 2.75) is 50.2 Å². The third kappa shape index (κ3) is 5.76. The number of aromatic nitrogens is 2. The normalized spacial score (nSPS) is 15.1. The zero-order valence-electron chi connectivity index (χ0n) is 19.0. The van der Waals surface area contributed by atoms with Gasteiger partial charge in [-0.05, 0) is 49.8 Å². The van der Waals surface area contributed by atoms with Crippen LogP contribution in [0.3, 0.4) is 0 Å². The molecular formula is C26H26Cl2N2O5. The Kier molecular flexibility index (Phi) is 7.91. The summed E-state index contributed by atoms with van der Waals surface area (Å²) in [6.07, 6.45) is 8.29. The predicted molar refractivity (Wildman–Crippen MR) is 133 cm³/mol. The van der Waals surface area contributed by atoms with Gasteiger partial charge in [-0.15, -0.1) is 0 Å². The molecule has 1 aliphatic rings. The highest BCUT2D eigenvalue weighted by molar-refractivity contribution is 6.38. The molecule has 1 aliphatic carbocycles. The Hall–Kier alpha value is -2.71. The van der Waals surface area contributed by atoms with Crippen LogP contribution in [0, 0.1) is 0 Å². The molecule has 0 amide bonds. The molecule has 7 nitrogen and oxygen atoms in total. The molecule has 0 radical (unpaired) electrons. The molecule has 0 spiro atoms. The van der Waals surface area contributed by atoms with E-state index >= 15 is 0 Å². The summed E-state index contributed by atoms with van der Waals surface area (Å²) < 4.78 is 11.6. The number of hydrogen-bond acceptors (Lipinski definition) is 6. The molecule has 2 heterocycles. The first kappa shape index (κ1) is 25.4. The number of hydrogen-bond donors (Lipinski definition) is 2. The summed E-state index contributed by atoms with van der Waals surface area (Å²) in [5, 5.41) is 25.3. The van der Waals surface area contributed by atoms with E-state index < -0.39 is 11.6 Å². The van der Waals surface area contributed by atoms with Crippen molar-refractivity contribution in [2.75, 3.05) is 6.61 Å². The van der Waals surface area contributed by atoms with Gasteiger partial charge in [-0.25, -0.2) is 4.79 Å². The Morgan fingerprint density at radius 2 is 2.00 bits per heavy atom. The predicted octanol–water partition coefficient (Wildman–Crippen LogP) is 6.38. The van der Waals surface area contributed by atoms with Crippen LogP contribution in [0.4, 0.5) is 0 Å². The summed E-state index contributed by atoms with van der Waals surface area (Å²) in [5.41, 5.74) is 1.30. The smallest absolute Gasteiger partial charge is 0.335 e. The van der Waals surface area contributed by atoms with Crippen molar-refractivity contribution < 1.29 is 24.3 Å². The van der Waals surface area contributed by atoms with Crippen LogP contribution in [0.15, 0.2) is 53.8 Å². The zero-order valence-corrected chi connectivity index (χ0v) is 20.6. The molecule has 1 aromatic carbocycles. The lowest BCUT2D eigenvalue weighted by Gasteiger charge is -2.25. The Labute approximate surface area is 213 Å². The monoisotopic (exact) mass is 516 g/mol. The van der Waals surface area contributed by atoms with Crippen molar-refractivity contribution in [1.29, 1.82) is 0 Å². The van der Waals surface area contributed by atoms with Gasteiger partial charge in [0.1, 0.15) is 17.1 Å². The standard InChI is InChI=1S/C26H26Cl2N2O5/c1-2-26(33,18-7-5-6-17(12-18)25(31)32)10-3-4-11-34-15-19-23(30-35-24(19)16-8-9-16)22-20(27)13-29-14-21(22)28/h2,5-7,12-14,16,33H,1,3-4,8-11,15H2,(H,31,32). The summed E-state index contributed by atoms with van der Waals surface area (Å²) in [7, 11) is 0. The van der Waals surface area contributed by atoms with E-state index in [4.69, 9.17) is 32.5 Å². The maximum Gasteiger partial charge on any atom is 0.335 e. The second-order valence-corrected chi connectivity index (χ2v) is 9.46. The van der Waals surface area contributed by atoms with Crippen LogP contribution in [0.2, 0.25) is 10.0 Å². The molecule has 2 N–H and O–H groups in total. The van der Waals surface area contributed by atoms with Gasteiger partial charge in [0.25, 0.3) is 0 Å². The van der Waals surface area contributed by atoms with Gasteiger partial charge in [-0.2, -0.15) is 0 Å². The fraction of sp³-hybridized carbons (Fsp3) is 0.346. The largest absolute Gasteiger partial charge is 0.478 e. The summed E-state index contributed by atoms with van der Waals surface area (Å²) in [6, 6.07) is 6.28. The first-order chi connectivity index (χ1) is 16.8. The number of pyridine rings is 1. The number of halogens is 2. The van der Waals surface area contributed by atoms with Crippen LogP contribution in [0.5, 0.6) is 0 Å². The van der Waals surface area contributed by atoms with Gasteiger partial charge >= 0.3 is 5.97 Å². The number of carboxylic acids is 1.